The molecule has 3 aromatic heterocycles. The van der Waals surface area contributed by atoms with E-state index in [1.807, 2.05) is 30.5 Å². The Hall–Kier alpha value is -1.85. The van der Waals surface area contributed by atoms with E-state index < -0.39 is 0 Å². The van der Waals surface area contributed by atoms with Gasteiger partial charge in [-0.15, -0.1) is 11.3 Å². The SMILES string of the molecule is c1ccc2sc(Sc3c[nH]c4ncccc34)nc2c1. The maximum atomic E-state index is 4.64. The highest BCUT2D eigenvalue weighted by atomic mass is 32.2. The Morgan fingerprint density at radius 3 is 3.00 bits per heavy atom. The van der Waals surface area contributed by atoms with Crippen molar-refractivity contribution in [2.75, 3.05) is 0 Å². The van der Waals surface area contributed by atoms with Gasteiger partial charge in [-0.25, -0.2) is 9.97 Å². The smallest absolute Gasteiger partial charge is 0.155 e. The predicted molar refractivity (Wildman–Crippen MR) is 79.8 cm³/mol. The molecule has 4 rings (SSSR count). The lowest BCUT2D eigenvalue weighted by Crippen LogP contribution is -1.73. The number of aromatic amines is 1. The van der Waals surface area contributed by atoms with Gasteiger partial charge in [-0.05, 0) is 24.3 Å². The molecule has 92 valence electrons. The molecule has 5 heteroatoms. The molecule has 0 aliphatic heterocycles. The fourth-order valence-electron chi connectivity index (χ4n) is 2.00. The number of nitrogens with zero attached hydrogens (tertiary/aromatic N) is 2. The van der Waals surface area contributed by atoms with E-state index in [-0.39, 0.29) is 0 Å². The normalized spacial score (nSPS) is 11.4. The van der Waals surface area contributed by atoms with Gasteiger partial charge in [0.2, 0.25) is 0 Å². The molecule has 0 fully saturated rings. The number of benzene rings is 1. The Balaban J connectivity index is 1.78. The van der Waals surface area contributed by atoms with Gasteiger partial charge < -0.3 is 4.98 Å². The highest BCUT2D eigenvalue weighted by Crippen LogP contribution is 2.37. The molecule has 0 spiro atoms. The molecule has 0 bridgehead atoms. The zero-order chi connectivity index (χ0) is 12.7. The van der Waals surface area contributed by atoms with Crippen LogP contribution in [0.5, 0.6) is 0 Å². The molecule has 0 atom stereocenters. The summed E-state index contributed by atoms with van der Waals surface area (Å²) in [5.74, 6) is 0. The quantitative estimate of drug-likeness (QED) is 0.595. The predicted octanol–water partition coefficient (Wildman–Crippen LogP) is 4.32. The van der Waals surface area contributed by atoms with Crippen molar-refractivity contribution in [3.05, 3.63) is 48.8 Å². The lowest BCUT2D eigenvalue weighted by molar-refractivity contribution is 1.29. The Labute approximate surface area is 117 Å². The average molecular weight is 283 g/mol. The van der Waals surface area contributed by atoms with Crippen LogP contribution in [-0.2, 0) is 0 Å². The summed E-state index contributed by atoms with van der Waals surface area (Å²) >= 11 is 3.41. The summed E-state index contributed by atoms with van der Waals surface area (Å²) in [4.78, 5) is 13.3. The first kappa shape index (κ1) is 11.0. The third-order valence-electron chi connectivity index (χ3n) is 2.88. The van der Waals surface area contributed by atoms with Crippen LogP contribution in [0, 0.1) is 0 Å². The molecule has 0 unspecified atom stereocenters. The van der Waals surface area contributed by atoms with Crippen molar-refractivity contribution in [1.29, 1.82) is 0 Å². The molecule has 0 amide bonds. The van der Waals surface area contributed by atoms with Crippen molar-refractivity contribution in [2.45, 2.75) is 9.24 Å². The zero-order valence-corrected chi connectivity index (χ0v) is 11.5. The molecule has 0 aliphatic carbocycles. The van der Waals surface area contributed by atoms with Gasteiger partial charge in [0.15, 0.2) is 4.34 Å². The Kier molecular flexibility index (Phi) is 2.53. The number of pyridine rings is 1. The largest absolute Gasteiger partial charge is 0.345 e. The number of para-hydroxylation sites is 1. The summed E-state index contributed by atoms with van der Waals surface area (Å²) in [6.45, 7) is 0. The molecular weight excluding hydrogens is 274 g/mol. The second-order valence-electron chi connectivity index (χ2n) is 4.10. The standard InChI is InChI=1S/C14H9N3S2/c1-2-6-11-10(5-1)17-14(18-11)19-12-8-16-13-9(12)4-3-7-15-13/h1-8H,(H,15,16). The molecule has 0 saturated heterocycles. The van der Waals surface area contributed by atoms with Crippen LogP contribution in [0.4, 0.5) is 0 Å². The van der Waals surface area contributed by atoms with Crippen LogP contribution in [0.3, 0.4) is 0 Å². The van der Waals surface area contributed by atoms with Crippen LogP contribution in [0.2, 0.25) is 0 Å². The third-order valence-corrected chi connectivity index (χ3v) is 5.04. The van der Waals surface area contributed by atoms with Gasteiger partial charge >= 0.3 is 0 Å². The average Bonchev–Trinajstić information content (AvgIpc) is 3.03. The summed E-state index contributed by atoms with van der Waals surface area (Å²) in [7, 11) is 0. The number of hydrogen-bond donors (Lipinski definition) is 1. The van der Waals surface area contributed by atoms with Gasteiger partial charge in [0.05, 0.1) is 10.2 Å². The van der Waals surface area contributed by atoms with E-state index in [1.54, 1.807) is 29.3 Å². The van der Waals surface area contributed by atoms with Crippen LogP contribution in [-0.4, -0.2) is 15.0 Å². The lowest BCUT2D eigenvalue weighted by Gasteiger charge is -1.93. The topological polar surface area (TPSA) is 41.6 Å². The lowest BCUT2D eigenvalue weighted by atomic mass is 10.3. The van der Waals surface area contributed by atoms with E-state index in [1.165, 1.54) is 9.60 Å². The molecule has 1 aromatic carbocycles. The summed E-state index contributed by atoms with van der Waals surface area (Å²) in [6, 6.07) is 12.3. The molecule has 1 N–H and O–H groups in total. The van der Waals surface area contributed by atoms with E-state index in [0.717, 1.165) is 20.9 Å². The molecule has 0 aliphatic rings. The zero-order valence-electron chi connectivity index (χ0n) is 9.83. The minimum Gasteiger partial charge on any atom is -0.345 e. The molecular formula is C14H9N3S2. The summed E-state index contributed by atoms with van der Waals surface area (Å²) in [6.07, 6.45) is 3.79. The van der Waals surface area contributed by atoms with Crippen LogP contribution >= 0.6 is 23.1 Å². The fourth-order valence-corrected chi connectivity index (χ4v) is 4.13. The number of fused-ring (bicyclic) bond motifs is 2. The van der Waals surface area contributed by atoms with Crippen LogP contribution in [0.15, 0.2) is 58.0 Å². The molecule has 0 saturated carbocycles. The number of H-pyrrole nitrogens is 1. The Morgan fingerprint density at radius 2 is 2.05 bits per heavy atom. The highest BCUT2D eigenvalue weighted by Gasteiger charge is 2.09. The van der Waals surface area contributed by atoms with E-state index in [0.29, 0.717) is 0 Å². The Bertz CT molecular complexity index is 830. The van der Waals surface area contributed by atoms with Crippen molar-refractivity contribution in [3.8, 4) is 0 Å². The third kappa shape index (κ3) is 1.91. The number of rotatable bonds is 2. The fraction of sp³-hybridized carbons (Fsp3) is 0. The van der Waals surface area contributed by atoms with Crippen molar-refractivity contribution in [1.82, 2.24) is 15.0 Å². The maximum absolute atomic E-state index is 4.64. The van der Waals surface area contributed by atoms with Crippen LogP contribution in [0.1, 0.15) is 0 Å². The number of hydrogen-bond acceptors (Lipinski definition) is 4. The van der Waals surface area contributed by atoms with Crippen molar-refractivity contribution < 1.29 is 0 Å². The molecule has 4 aromatic rings. The number of thiazole rings is 1. The van der Waals surface area contributed by atoms with Crippen molar-refractivity contribution in [2.24, 2.45) is 0 Å². The first-order valence-electron chi connectivity index (χ1n) is 5.86. The van der Waals surface area contributed by atoms with Crippen LogP contribution < -0.4 is 0 Å². The monoisotopic (exact) mass is 283 g/mol. The minimum atomic E-state index is 0.922. The molecule has 3 nitrogen and oxygen atoms in total. The Morgan fingerprint density at radius 1 is 1.11 bits per heavy atom. The van der Waals surface area contributed by atoms with Crippen molar-refractivity contribution in [3.63, 3.8) is 0 Å². The van der Waals surface area contributed by atoms with Crippen LogP contribution in [0.25, 0.3) is 21.3 Å². The van der Waals surface area contributed by atoms with E-state index in [9.17, 15) is 0 Å². The highest BCUT2D eigenvalue weighted by molar-refractivity contribution is 8.01. The summed E-state index contributed by atoms with van der Waals surface area (Å²) in [5, 5.41) is 1.15. The minimum absolute atomic E-state index is 0.922. The first-order valence-corrected chi connectivity index (χ1v) is 7.49. The van der Waals surface area contributed by atoms with Gasteiger partial charge in [-0.3, -0.25) is 0 Å². The van der Waals surface area contributed by atoms with Gasteiger partial charge in [0, 0.05) is 22.7 Å². The maximum Gasteiger partial charge on any atom is 0.155 e. The van der Waals surface area contributed by atoms with Gasteiger partial charge in [-0.2, -0.15) is 0 Å². The summed E-state index contributed by atoms with van der Waals surface area (Å²) in [5.41, 5.74) is 1.99. The van der Waals surface area contributed by atoms with Gasteiger partial charge in [0.25, 0.3) is 0 Å². The summed E-state index contributed by atoms with van der Waals surface area (Å²) < 4.78 is 2.29. The van der Waals surface area contributed by atoms with E-state index in [4.69, 9.17) is 0 Å². The molecule has 3 heterocycles. The molecule has 0 radical (unpaired) electrons. The van der Waals surface area contributed by atoms with E-state index in [2.05, 4.69) is 27.1 Å². The second kappa shape index (κ2) is 4.36. The number of nitrogens with one attached hydrogen (secondary N) is 1. The van der Waals surface area contributed by atoms with Gasteiger partial charge in [-0.1, -0.05) is 23.9 Å². The van der Waals surface area contributed by atoms with E-state index >= 15 is 0 Å². The number of aromatic nitrogens is 3. The first-order chi connectivity index (χ1) is 9.40. The van der Waals surface area contributed by atoms with Crippen molar-refractivity contribution >= 4 is 44.3 Å². The molecule has 19 heavy (non-hydrogen) atoms. The van der Waals surface area contributed by atoms with Gasteiger partial charge in [0.1, 0.15) is 5.65 Å². The second-order valence-corrected chi connectivity index (χ2v) is 6.42.